The number of H-pyrrole nitrogens is 1. The van der Waals surface area contributed by atoms with E-state index in [1.165, 1.54) is 23.8 Å². The number of nitrogens with one attached hydrogen (secondary N) is 2. The number of allylic oxidation sites excluding steroid dienone is 2. The van der Waals surface area contributed by atoms with Gasteiger partial charge in [0.25, 0.3) is 5.56 Å². The van der Waals surface area contributed by atoms with Crippen molar-refractivity contribution >= 4 is 23.5 Å². The van der Waals surface area contributed by atoms with E-state index < -0.39 is 0 Å². The lowest BCUT2D eigenvalue weighted by Crippen LogP contribution is -2.10. The van der Waals surface area contributed by atoms with Gasteiger partial charge >= 0.3 is 0 Å². The summed E-state index contributed by atoms with van der Waals surface area (Å²) in [7, 11) is 0. The van der Waals surface area contributed by atoms with Crippen molar-refractivity contribution in [3.63, 3.8) is 0 Å². The van der Waals surface area contributed by atoms with Gasteiger partial charge in [-0.2, -0.15) is 5.10 Å². The number of thiophene rings is 1. The molecular weight excluding hydrogens is 284 g/mol. The van der Waals surface area contributed by atoms with Gasteiger partial charge in [0.05, 0.1) is 6.21 Å². The fourth-order valence-corrected chi connectivity index (χ4v) is 3.29. The summed E-state index contributed by atoms with van der Waals surface area (Å²) in [5.41, 5.74) is 3.22. The Labute approximate surface area is 126 Å². The molecule has 3 rings (SSSR count). The van der Waals surface area contributed by atoms with E-state index in [1.54, 1.807) is 24.5 Å². The van der Waals surface area contributed by atoms with Crippen molar-refractivity contribution in [2.75, 3.05) is 5.43 Å². The molecule has 108 valence electrons. The standard InChI is InChI=1S/C15H16N4OS/c1-10-8-14(20)18-15(17-10)19-16-9-12-6-7-13(21-12)11-4-2-3-5-11/h2,4,6-9,11H,3,5H2,1H3,(H2,17,18,19,20)/b16-9-/t11-/m0/s1. The highest BCUT2D eigenvalue weighted by molar-refractivity contribution is 7.13. The normalized spacial score (nSPS) is 17.7. The van der Waals surface area contributed by atoms with Crippen molar-refractivity contribution < 1.29 is 0 Å². The molecule has 2 aromatic rings. The number of nitrogens with zero attached hydrogens (tertiary/aromatic N) is 2. The van der Waals surface area contributed by atoms with E-state index in [0.29, 0.717) is 17.6 Å². The molecule has 5 nitrogen and oxygen atoms in total. The Kier molecular flexibility index (Phi) is 3.96. The van der Waals surface area contributed by atoms with Gasteiger partial charge in [-0.05, 0) is 31.9 Å². The number of rotatable bonds is 4. The molecule has 0 saturated carbocycles. The van der Waals surface area contributed by atoms with Crippen LogP contribution >= 0.6 is 11.3 Å². The van der Waals surface area contributed by atoms with Crippen molar-refractivity contribution in [1.82, 2.24) is 9.97 Å². The minimum Gasteiger partial charge on any atom is -0.291 e. The summed E-state index contributed by atoms with van der Waals surface area (Å²) in [5, 5.41) is 4.12. The van der Waals surface area contributed by atoms with Gasteiger partial charge in [0, 0.05) is 27.4 Å². The Morgan fingerprint density at radius 1 is 1.52 bits per heavy atom. The quantitative estimate of drug-likeness (QED) is 0.518. The van der Waals surface area contributed by atoms with Crippen molar-refractivity contribution in [3.8, 4) is 0 Å². The van der Waals surface area contributed by atoms with Gasteiger partial charge in [0.2, 0.25) is 5.95 Å². The van der Waals surface area contributed by atoms with Gasteiger partial charge in [-0.3, -0.25) is 9.78 Å². The van der Waals surface area contributed by atoms with Crippen LogP contribution in [0.15, 0.2) is 40.2 Å². The predicted molar refractivity (Wildman–Crippen MR) is 86.2 cm³/mol. The fourth-order valence-electron chi connectivity index (χ4n) is 2.30. The van der Waals surface area contributed by atoms with Gasteiger partial charge in [-0.1, -0.05) is 12.2 Å². The lowest BCUT2D eigenvalue weighted by molar-refractivity contribution is 0.815. The first kappa shape index (κ1) is 13.8. The second kappa shape index (κ2) is 6.05. The Bertz CT molecular complexity index is 744. The molecule has 0 radical (unpaired) electrons. The summed E-state index contributed by atoms with van der Waals surface area (Å²) in [5.74, 6) is 0.909. The Hall–Kier alpha value is -2.21. The zero-order valence-electron chi connectivity index (χ0n) is 11.7. The zero-order chi connectivity index (χ0) is 14.7. The van der Waals surface area contributed by atoms with Crippen LogP contribution in [0.1, 0.15) is 34.2 Å². The highest BCUT2D eigenvalue weighted by Gasteiger charge is 2.13. The minimum atomic E-state index is -0.188. The Morgan fingerprint density at radius 3 is 3.19 bits per heavy atom. The SMILES string of the molecule is Cc1cc(=O)[nH]c(N/N=C\c2ccc([C@H]3C=CCC3)s2)n1. The maximum absolute atomic E-state index is 11.3. The summed E-state index contributed by atoms with van der Waals surface area (Å²) in [4.78, 5) is 20.5. The number of hydrazone groups is 1. The first-order valence-electron chi connectivity index (χ1n) is 6.84. The molecule has 0 spiro atoms. The molecule has 0 saturated heterocycles. The zero-order valence-corrected chi connectivity index (χ0v) is 12.5. The molecule has 0 amide bonds. The van der Waals surface area contributed by atoms with Crippen LogP contribution in [0, 0.1) is 6.92 Å². The van der Waals surface area contributed by atoms with Gasteiger partial charge in [-0.25, -0.2) is 10.4 Å². The van der Waals surface area contributed by atoms with Crippen molar-refractivity contribution in [1.29, 1.82) is 0 Å². The Morgan fingerprint density at radius 2 is 2.43 bits per heavy atom. The molecule has 0 aliphatic heterocycles. The number of anilines is 1. The van der Waals surface area contributed by atoms with E-state index in [-0.39, 0.29) is 5.56 Å². The third kappa shape index (κ3) is 3.46. The number of hydrogen-bond acceptors (Lipinski definition) is 5. The van der Waals surface area contributed by atoms with Crippen LogP contribution in [0.3, 0.4) is 0 Å². The van der Waals surface area contributed by atoms with E-state index in [0.717, 1.165) is 4.88 Å². The average Bonchev–Trinajstić information content (AvgIpc) is 3.08. The van der Waals surface area contributed by atoms with Crippen molar-refractivity contribution in [2.24, 2.45) is 5.10 Å². The van der Waals surface area contributed by atoms with Crippen LogP contribution in [-0.4, -0.2) is 16.2 Å². The van der Waals surface area contributed by atoms with Gasteiger partial charge in [0.1, 0.15) is 0 Å². The van der Waals surface area contributed by atoms with Gasteiger partial charge < -0.3 is 0 Å². The molecule has 0 fully saturated rings. The summed E-state index contributed by atoms with van der Waals surface area (Å²) in [6.07, 6.45) is 8.62. The molecule has 0 unspecified atom stereocenters. The van der Waals surface area contributed by atoms with E-state index in [2.05, 4.69) is 44.8 Å². The smallest absolute Gasteiger partial charge is 0.252 e. The van der Waals surface area contributed by atoms with Gasteiger partial charge in [0.15, 0.2) is 0 Å². The van der Waals surface area contributed by atoms with Crippen molar-refractivity contribution in [2.45, 2.75) is 25.7 Å². The summed E-state index contributed by atoms with van der Waals surface area (Å²) in [6, 6.07) is 5.65. The van der Waals surface area contributed by atoms with Crippen LogP contribution in [-0.2, 0) is 0 Å². The number of aromatic nitrogens is 2. The van der Waals surface area contributed by atoms with Crippen LogP contribution in [0.25, 0.3) is 0 Å². The third-order valence-corrected chi connectivity index (χ3v) is 4.41. The number of aromatic amines is 1. The summed E-state index contributed by atoms with van der Waals surface area (Å²) in [6.45, 7) is 1.77. The summed E-state index contributed by atoms with van der Waals surface area (Å²) < 4.78 is 0. The fraction of sp³-hybridized carbons (Fsp3) is 0.267. The molecule has 0 aromatic carbocycles. The van der Waals surface area contributed by atoms with Crippen LogP contribution < -0.4 is 11.0 Å². The highest BCUT2D eigenvalue weighted by Crippen LogP contribution is 2.32. The number of aryl methyl sites for hydroxylation is 1. The van der Waals surface area contributed by atoms with E-state index >= 15 is 0 Å². The molecule has 21 heavy (non-hydrogen) atoms. The highest BCUT2D eigenvalue weighted by atomic mass is 32.1. The maximum Gasteiger partial charge on any atom is 0.252 e. The molecule has 1 atom stereocenters. The minimum absolute atomic E-state index is 0.188. The van der Waals surface area contributed by atoms with Crippen LogP contribution in [0.4, 0.5) is 5.95 Å². The monoisotopic (exact) mass is 300 g/mol. The summed E-state index contributed by atoms with van der Waals surface area (Å²) >= 11 is 1.74. The van der Waals surface area contributed by atoms with Crippen molar-refractivity contribution in [3.05, 3.63) is 56.2 Å². The lowest BCUT2D eigenvalue weighted by Gasteiger charge is -2.02. The van der Waals surface area contributed by atoms with Crippen LogP contribution in [0.2, 0.25) is 0 Å². The van der Waals surface area contributed by atoms with E-state index in [9.17, 15) is 4.79 Å². The van der Waals surface area contributed by atoms with Gasteiger partial charge in [-0.15, -0.1) is 11.3 Å². The second-order valence-electron chi connectivity index (χ2n) is 4.96. The molecule has 0 bridgehead atoms. The second-order valence-corrected chi connectivity index (χ2v) is 6.10. The predicted octanol–water partition coefficient (Wildman–Crippen LogP) is 3.02. The first-order chi connectivity index (χ1) is 10.2. The van der Waals surface area contributed by atoms with E-state index in [1.807, 2.05) is 0 Å². The third-order valence-electron chi connectivity index (χ3n) is 3.26. The molecule has 1 aliphatic rings. The molecule has 2 N–H and O–H groups in total. The molecule has 2 aromatic heterocycles. The Balaban J connectivity index is 1.66. The maximum atomic E-state index is 11.3. The average molecular weight is 300 g/mol. The first-order valence-corrected chi connectivity index (χ1v) is 7.66. The molecule has 6 heteroatoms. The topological polar surface area (TPSA) is 70.1 Å². The largest absolute Gasteiger partial charge is 0.291 e. The van der Waals surface area contributed by atoms with E-state index in [4.69, 9.17) is 0 Å². The number of hydrogen-bond donors (Lipinski definition) is 2. The molecule has 1 aliphatic carbocycles. The molecular formula is C15H16N4OS. The lowest BCUT2D eigenvalue weighted by atomic mass is 10.1. The van der Waals surface area contributed by atoms with Crippen LogP contribution in [0.5, 0.6) is 0 Å². The molecule has 2 heterocycles.